The number of hydrogen-bond donors (Lipinski definition) is 0. The van der Waals surface area contributed by atoms with E-state index in [1.165, 1.54) is 0 Å². The monoisotopic (exact) mass is 297 g/mol. The summed E-state index contributed by atoms with van der Waals surface area (Å²) >= 11 is 0. The van der Waals surface area contributed by atoms with Gasteiger partial charge >= 0.3 is 0 Å². The molecular weight excluding hydrogens is 274 g/mol. The van der Waals surface area contributed by atoms with Crippen molar-refractivity contribution in [2.75, 3.05) is 7.05 Å². The van der Waals surface area contributed by atoms with Gasteiger partial charge < -0.3 is 4.90 Å². The maximum absolute atomic E-state index is 12.5. The lowest BCUT2D eigenvalue weighted by molar-refractivity contribution is -0.133. The molecule has 22 heavy (non-hydrogen) atoms. The van der Waals surface area contributed by atoms with Gasteiger partial charge in [0.05, 0.1) is 6.04 Å². The molecule has 4 nitrogen and oxygen atoms in total. The molecule has 0 aromatic carbocycles. The zero-order chi connectivity index (χ0) is 15.9. The van der Waals surface area contributed by atoms with Crippen LogP contribution in [0, 0.1) is 5.92 Å². The molecule has 0 radical (unpaired) electrons. The molecule has 0 aliphatic heterocycles. The predicted octanol–water partition coefficient (Wildman–Crippen LogP) is 3.26. The molecule has 0 unspecified atom stereocenters. The quantitative estimate of drug-likeness (QED) is 0.822. The first-order valence-corrected chi connectivity index (χ1v) is 7.64. The average Bonchev–Trinajstić information content (AvgIpc) is 2.54. The second kappa shape index (κ2) is 7.69. The number of hydrogen-bond acceptors (Lipinski definition) is 3. The standard InChI is InChI=1S/C18H23N3O/c1-14(2)18(16-5-4-10-20-13-16)21(3)17(22)7-6-15-8-11-19-12-9-15/h4-5,8-14,18H,6-7H2,1-3H3/t18-/m0/s1. The maximum atomic E-state index is 12.5. The molecule has 116 valence electrons. The van der Waals surface area contributed by atoms with Crippen LogP contribution in [0.4, 0.5) is 0 Å². The molecule has 0 aliphatic carbocycles. The fourth-order valence-corrected chi connectivity index (χ4v) is 2.74. The van der Waals surface area contributed by atoms with Crippen molar-refractivity contribution >= 4 is 5.91 Å². The van der Waals surface area contributed by atoms with E-state index in [0.29, 0.717) is 12.3 Å². The largest absolute Gasteiger partial charge is 0.338 e. The molecule has 0 spiro atoms. The Hall–Kier alpha value is -2.23. The number of carbonyl (C=O) groups excluding carboxylic acids is 1. The summed E-state index contributed by atoms with van der Waals surface area (Å²) in [4.78, 5) is 22.6. The van der Waals surface area contributed by atoms with Crippen LogP contribution >= 0.6 is 0 Å². The van der Waals surface area contributed by atoms with E-state index in [1.54, 1.807) is 18.6 Å². The minimum atomic E-state index is 0.0543. The summed E-state index contributed by atoms with van der Waals surface area (Å²) in [6, 6.07) is 7.91. The summed E-state index contributed by atoms with van der Waals surface area (Å²) in [5.41, 5.74) is 2.22. The number of nitrogens with zero attached hydrogens (tertiary/aromatic N) is 3. The van der Waals surface area contributed by atoms with Gasteiger partial charge in [-0.3, -0.25) is 14.8 Å². The minimum Gasteiger partial charge on any atom is -0.338 e. The summed E-state index contributed by atoms with van der Waals surface area (Å²) in [5, 5.41) is 0. The number of pyridine rings is 2. The van der Waals surface area contributed by atoms with Crippen molar-refractivity contribution in [1.82, 2.24) is 14.9 Å². The lowest BCUT2D eigenvalue weighted by atomic mass is 9.95. The molecule has 0 aliphatic rings. The van der Waals surface area contributed by atoms with E-state index in [9.17, 15) is 4.79 Å². The SMILES string of the molecule is CC(C)[C@@H](c1cccnc1)N(C)C(=O)CCc1ccncc1. The maximum Gasteiger partial charge on any atom is 0.223 e. The normalized spacial score (nSPS) is 12.2. The lowest BCUT2D eigenvalue weighted by Crippen LogP contribution is -2.34. The second-order valence-corrected chi connectivity index (χ2v) is 5.84. The number of rotatable bonds is 6. The molecule has 0 saturated carbocycles. The number of amides is 1. The van der Waals surface area contributed by atoms with Gasteiger partial charge in [-0.15, -0.1) is 0 Å². The Morgan fingerprint density at radius 1 is 1.14 bits per heavy atom. The summed E-state index contributed by atoms with van der Waals surface area (Å²) in [6.45, 7) is 4.26. The van der Waals surface area contributed by atoms with E-state index in [2.05, 4.69) is 23.8 Å². The molecule has 2 aromatic rings. The summed E-state index contributed by atoms with van der Waals surface area (Å²) in [5.74, 6) is 0.485. The summed E-state index contributed by atoms with van der Waals surface area (Å²) in [6.07, 6.45) is 8.36. The van der Waals surface area contributed by atoms with Gasteiger partial charge in [0.25, 0.3) is 0 Å². The van der Waals surface area contributed by atoms with Gasteiger partial charge in [0.1, 0.15) is 0 Å². The Labute approximate surface area is 132 Å². The fraction of sp³-hybridized carbons (Fsp3) is 0.389. The molecule has 2 aromatic heterocycles. The molecule has 1 atom stereocenters. The third-order valence-corrected chi connectivity index (χ3v) is 3.84. The topological polar surface area (TPSA) is 46.1 Å². The van der Waals surface area contributed by atoms with Crippen LogP contribution in [0.15, 0.2) is 49.1 Å². The van der Waals surface area contributed by atoms with Crippen LogP contribution in [0.25, 0.3) is 0 Å². The Kier molecular flexibility index (Phi) is 5.64. The number of aryl methyl sites for hydroxylation is 1. The van der Waals surface area contributed by atoms with E-state index in [4.69, 9.17) is 0 Å². The molecule has 0 bridgehead atoms. The van der Waals surface area contributed by atoms with Crippen LogP contribution in [0.5, 0.6) is 0 Å². The van der Waals surface area contributed by atoms with Crippen molar-refractivity contribution in [3.8, 4) is 0 Å². The van der Waals surface area contributed by atoms with E-state index in [1.807, 2.05) is 42.4 Å². The lowest BCUT2D eigenvalue weighted by Gasteiger charge is -2.31. The van der Waals surface area contributed by atoms with E-state index in [-0.39, 0.29) is 11.9 Å². The van der Waals surface area contributed by atoms with Gasteiger partial charge in [-0.25, -0.2) is 0 Å². The van der Waals surface area contributed by atoms with Gasteiger partial charge in [-0.1, -0.05) is 19.9 Å². The van der Waals surface area contributed by atoms with Gasteiger partial charge in [0, 0.05) is 38.3 Å². The van der Waals surface area contributed by atoms with Crippen molar-refractivity contribution in [1.29, 1.82) is 0 Å². The first-order chi connectivity index (χ1) is 10.6. The highest BCUT2D eigenvalue weighted by atomic mass is 16.2. The van der Waals surface area contributed by atoms with E-state index in [0.717, 1.165) is 17.5 Å². The molecule has 0 N–H and O–H groups in total. The third kappa shape index (κ3) is 4.13. The predicted molar refractivity (Wildman–Crippen MR) is 87.1 cm³/mol. The zero-order valence-corrected chi connectivity index (χ0v) is 13.4. The number of aromatic nitrogens is 2. The van der Waals surface area contributed by atoms with Crippen molar-refractivity contribution in [2.45, 2.75) is 32.7 Å². The minimum absolute atomic E-state index is 0.0543. The van der Waals surface area contributed by atoms with Crippen molar-refractivity contribution in [3.63, 3.8) is 0 Å². The summed E-state index contributed by atoms with van der Waals surface area (Å²) in [7, 11) is 1.88. The molecule has 0 fully saturated rings. The highest BCUT2D eigenvalue weighted by Crippen LogP contribution is 2.27. The van der Waals surface area contributed by atoms with Crippen LogP contribution in [-0.2, 0) is 11.2 Å². The van der Waals surface area contributed by atoms with Gasteiger partial charge in [-0.05, 0) is 41.7 Å². The Morgan fingerprint density at radius 3 is 2.45 bits per heavy atom. The van der Waals surface area contributed by atoms with Crippen molar-refractivity contribution in [3.05, 3.63) is 60.2 Å². The number of carbonyl (C=O) groups is 1. The van der Waals surface area contributed by atoms with Gasteiger partial charge in [-0.2, -0.15) is 0 Å². The second-order valence-electron chi connectivity index (χ2n) is 5.84. The molecule has 2 heterocycles. The Morgan fingerprint density at radius 2 is 1.86 bits per heavy atom. The van der Waals surface area contributed by atoms with E-state index >= 15 is 0 Å². The molecule has 2 rings (SSSR count). The first-order valence-electron chi connectivity index (χ1n) is 7.64. The Bertz CT molecular complexity index is 584. The highest BCUT2D eigenvalue weighted by molar-refractivity contribution is 5.76. The van der Waals surface area contributed by atoms with Crippen LogP contribution < -0.4 is 0 Å². The third-order valence-electron chi connectivity index (χ3n) is 3.84. The van der Waals surface area contributed by atoms with Crippen LogP contribution in [0.2, 0.25) is 0 Å². The Balaban J connectivity index is 2.04. The van der Waals surface area contributed by atoms with Crippen molar-refractivity contribution < 1.29 is 4.79 Å². The van der Waals surface area contributed by atoms with Crippen LogP contribution in [0.3, 0.4) is 0 Å². The average molecular weight is 297 g/mol. The van der Waals surface area contributed by atoms with Gasteiger partial charge in [0.15, 0.2) is 0 Å². The first kappa shape index (κ1) is 16.1. The summed E-state index contributed by atoms with van der Waals surface area (Å²) < 4.78 is 0. The fourth-order valence-electron chi connectivity index (χ4n) is 2.74. The van der Waals surface area contributed by atoms with Crippen LogP contribution in [0.1, 0.15) is 37.4 Å². The highest BCUT2D eigenvalue weighted by Gasteiger charge is 2.24. The molecule has 1 amide bonds. The van der Waals surface area contributed by atoms with Crippen LogP contribution in [-0.4, -0.2) is 27.8 Å². The smallest absolute Gasteiger partial charge is 0.223 e. The molecule has 4 heteroatoms. The molecular formula is C18H23N3O. The van der Waals surface area contributed by atoms with E-state index < -0.39 is 0 Å². The van der Waals surface area contributed by atoms with Crippen molar-refractivity contribution in [2.24, 2.45) is 5.92 Å². The van der Waals surface area contributed by atoms with Gasteiger partial charge in [0.2, 0.25) is 5.91 Å². The molecule has 0 saturated heterocycles. The zero-order valence-electron chi connectivity index (χ0n) is 13.4.